The lowest BCUT2D eigenvalue weighted by molar-refractivity contribution is -0.155. The average molecular weight is 1060 g/mol. The first kappa shape index (κ1) is 54.8. The number of hydrazine groups is 1. The van der Waals surface area contributed by atoms with Crippen LogP contribution in [0.15, 0.2) is 48.5 Å². The molecular weight excluding hydrogens is 987 g/mol. The minimum absolute atomic E-state index is 0.0616. The summed E-state index contributed by atoms with van der Waals surface area (Å²) in [6, 6.07) is 5.50. The second-order valence-corrected chi connectivity index (χ2v) is 23.4. The van der Waals surface area contributed by atoms with Crippen molar-refractivity contribution < 1.29 is 38.2 Å². The molecule has 76 heavy (non-hydrogen) atoms. The number of nitrogens with zero attached hydrogens (tertiary/aromatic N) is 9. The molecule has 8 heterocycles. The Morgan fingerprint density at radius 2 is 1.82 bits per heavy atom. The molecule has 5 aliphatic rings. The molecular formula is C56H77N11O8S. The van der Waals surface area contributed by atoms with E-state index in [4.69, 9.17) is 24.2 Å². The Labute approximate surface area is 450 Å². The summed E-state index contributed by atoms with van der Waals surface area (Å²) in [6.45, 7) is 22.4. The molecule has 20 heteroatoms. The van der Waals surface area contributed by atoms with Crippen LogP contribution in [0.4, 0.5) is 10.5 Å². The highest BCUT2D eigenvalue weighted by atomic mass is 32.1. The maximum absolute atomic E-state index is 14.8. The van der Waals surface area contributed by atoms with Crippen LogP contribution in [-0.4, -0.2) is 186 Å². The summed E-state index contributed by atoms with van der Waals surface area (Å²) < 4.78 is 20.8. The maximum Gasteiger partial charge on any atom is 0.324 e. The third-order valence-electron chi connectivity index (χ3n) is 16.0. The molecule has 9 rings (SSSR count). The van der Waals surface area contributed by atoms with Crippen LogP contribution < -0.4 is 15.6 Å². The van der Waals surface area contributed by atoms with Crippen molar-refractivity contribution in [1.82, 2.24) is 49.9 Å². The predicted octanol–water partition coefficient (Wildman–Crippen LogP) is 5.52. The number of hydrogen-bond donors (Lipinski definition) is 2. The zero-order valence-corrected chi connectivity index (χ0v) is 46.7. The van der Waals surface area contributed by atoms with E-state index in [2.05, 4.69) is 83.8 Å². The Morgan fingerprint density at radius 3 is 2.54 bits per heavy atom. The Morgan fingerprint density at radius 1 is 1.05 bits per heavy atom. The van der Waals surface area contributed by atoms with Gasteiger partial charge in [-0.25, -0.2) is 15.2 Å². The van der Waals surface area contributed by atoms with Gasteiger partial charge in [-0.05, 0) is 82.3 Å². The number of carbonyl (C=O) groups excluding carboxylic acids is 5. The van der Waals surface area contributed by atoms with E-state index in [0.29, 0.717) is 70.0 Å². The van der Waals surface area contributed by atoms with Crippen LogP contribution in [-0.2, 0) is 52.8 Å². The minimum Gasteiger partial charge on any atom is -0.464 e. The monoisotopic (exact) mass is 1060 g/mol. The number of anilines is 1. The fourth-order valence-electron chi connectivity index (χ4n) is 11.8. The Bertz CT molecular complexity index is 2840. The number of urea groups is 1. The summed E-state index contributed by atoms with van der Waals surface area (Å²) in [7, 11) is 5.47. The van der Waals surface area contributed by atoms with Crippen molar-refractivity contribution in [3.63, 3.8) is 0 Å². The molecule has 4 fully saturated rings. The number of fused-ring (bicyclic) bond motifs is 6. The van der Waals surface area contributed by atoms with Crippen molar-refractivity contribution >= 4 is 57.6 Å². The van der Waals surface area contributed by atoms with Crippen LogP contribution in [0.3, 0.4) is 0 Å². The first-order valence-corrected chi connectivity index (χ1v) is 27.9. The molecule has 0 radical (unpaired) electrons. The second kappa shape index (κ2) is 22.6. The van der Waals surface area contributed by atoms with Crippen molar-refractivity contribution in [3.8, 4) is 22.5 Å². The number of thiazole rings is 1. The van der Waals surface area contributed by atoms with Gasteiger partial charge in [0.25, 0.3) is 5.91 Å². The third-order valence-corrected chi connectivity index (χ3v) is 16.9. The molecule has 5 atom stereocenters. The molecule has 1 aromatic carbocycles. The van der Waals surface area contributed by atoms with E-state index in [1.165, 1.54) is 27.3 Å². The number of esters is 1. The van der Waals surface area contributed by atoms with Crippen LogP contribution in [0.5, 0.6) is 0 Å². The zero-order chi connectivity index (χ0) is 54.2. The number of morpholine rings is 1. The number of rotatable bonds is 10. The van der Waals surface area contributed by atoms with Gasteiger partial charge >= 0.3 is 12.0 Å². The van der Waals surface area contributed by atoms with E-state index < -0.39 is 46.9 Å². The number of likely N-dealkylation sites (N-methyl/N-ethyl adjacent to an activating group) is 2. The summed E-state index contributed by atoms with van der Waals surface area (Å²) >= 11 is 1.41. The zero-order valence-electron chi connectivity index (χ0n) is 45.9. The maximum atomic E-state index is 14.8. The van der Waals surface area contributed by atoms with Crippen molar-refractivity contribution in [2.45, 2.75) is 110 Å². The van der Waals surface area contributed by atoms with E-state index in [-0.39, 0.29) is 43.5 Å². The lowest BCUT2D eigenvalue weighted by Crippen LogP contribution is -2.62. The van der Waals surface area contributed by atoms with Gasteiger partial charge in [0, 0.05) is 106 Å². The molecule has 5 aliphatic heterocycles. The molecule has 5 amide bonds. The van der Waals surface area contributed by atoms with E-state index in [9.17, 15) is 24.0 Å². The number of pyridine rings is 1. The number of carbonyl (C=O) groups is 5. The topological polar surface area (TPSA) is 187 Å². The number of likely N-dealkylation sites (tertiary alicyclic amines) is 1. The molecule has 0 unspecified atom stereocenters. The number of methoxy groups -OCH3 is 1. The molecule has 2 N–H and O–H groups in total. The number of hydrogen-bond acceptors (Lipinski definition) is 14. The van der Waals surface area contributed by atoms with E-state index in [1.807, 2.05) is 32.3 Å². The van der Waals surface area contributed by atoms with Gasteiger partial charge in [0.2, 0.25) is 11.8 Å². The number of aromatic nitrogens is 3. The smallest absolute Gasteiger partial charge is 0.324 e. The standard InChI is InChI=1S/C56H77N11O8S/c1-11-47(68)64-24-25-75-56(32-64)17-19-65(33-56)54(72)62(9)49(35(3)4)51(69)59-43-28-46-58-44(31-76-46)37-15-16-45-39(26-37)41(29-55(6,7)34-74-53(71)42-14-13-18-67(60-42)52(43)70)50(66(45)12-2)40-27-38(30-57-48(40)36(5)73-10)63-22-20-61(8)21-23-63/h11,15-16,26-27,30-31,35-36,42-43,49,60H,1,12-14,17-25,28-29,32-34H2,2-10H3,(H,59,69)/t36-,42-,43-,49-,56+/m0/s1. The highest BCUT2D eigenvalue weighted by molar-refractivity contribution is 7.10. The fourth-order valence-corrected chi connectivity index (χ4v) is 12.6. The van der Waals surface area contributed by atoms with Gasteiger partial charge in [0.05, 0.1) is 66.4 Å². The quantitative estimate of drug-likeness (QED) is 0.150. The van der Waals surface area contributed by atoms with E-state index >= 15 is 0 Å². The normalized spacial score (nSPS) is 23.4. The van der Waals surface area contributed by atoms with Gasteiger partial charge in [-0.15, -0.1) is 11.3 Å². The Hall–Kier alpha value is -5.93. The summed E-state index contributed by atoms with van der Waals surface area (Å²) in [5.41, 5.74) is 9.66. The van der Waals surface area contributed by atoms with Crippen molar-refractivity contribution in [1.29, 1.82) is 0 Å². The average Bonchev–Trinajstić information content (AvgIpc) is 4.17. The SMILES string of the molecule is C=CC(=O)N1CCO[C@]2(CCN(C(=O)N(C)[C@H](C(=O)N[C@H]3Cc4nc(cs4)-c4ccc5c(c4)c(c(-c4cc(N6CCN(C)CC6)cnc4[C@H](C)OC)n5CC)CC(C)(C)COC(=O)[C@@H]4CCCN(N4)C3=O)C(C)C)C2)C1. The third kappa shape index (κ3) is 11.2. The molecule has 19 nitrogen and oxygen atoms in total. The van der Waals surface area contributed by atoms with Gasteiger partial charge in [-0.3, -0.25) is 29.2 Å². The van der Waals surface area contributed by atoms with Crippen LogP contribution in [0, 0.1) is 11.3 Å². The minimum atomic E-state index is -1.11. The summed E-state index contributed by atoms with van der Waals surface area (Å²) in [5, 5.41) is 8.17. The lowest BCUT2D eigenvalue weighted by atomic mass is 9.84. The number of amides is 5. The van der Waals surface area contributed by atoms with Crippen molar-refractivity contribution in [2.24, 2.45) is 11.3 Å². The Balaban J connectivity index is 1.06. The Kier molecular flexibility index (Phi) is 16.3. The van der Waals surface area contributed by atoms with Gasteiger partial charge in [-0.2, -0.15) is 0 Å². The number of piperazine rings is 1. The highest BCUT2D eigenvalue weighted by Gasteiger charge is 2.47. The molecule has 410 valence electrons. The lowest BCUT2D eigenvalue weighted by Gasteiger charge is -2.40. The predicted molar refractivity (Wildman–Crippen MR) is 292 cm³/mol. The fraction of sp³-hybridized carbons (Fsp3) is 0.589. The molecule has 1 spiro atoms. The molecule has 0 aliphatic carbocycles. The molecule has 4 aromatic rings. The van der Waals surface area contributed by atoms with Crippen LogP contribution in [0.1, 0.15) is 83.2 Å². The van der Waals surface area contributed by atoms with E-state index in [0.717, 1.165) is 76.5 Å². The molecule has 6 bridgehead atoms. The second-order valence-electron chi connectivity index (χ2n) is 22.5. The largest absolute Gasteiger partial charge is 0.464 e. The molecule has 0 saturated carbocycles. The van der Waals surface area contributed by atoms with E-state index in [1.54, 1.807) is 24.0 Å². The molecule has 3 aromatic heterocycles. The van der Waals surface area contributed by atoms with Crippen LogP contribution in [0.25, 0.3) is 33.4 Å². The van der Waals surface area contributed by atoms with Crippen molar-refractivity contribution in [3.05, 3.63) is 64.8 Å². The van der Waals surface area contributed by atoms with Crippen LogP contribution in [0.2, 0.25) is 0 Å². The first-order valence-electron chi connectivity index (χ1n) is 27.0. The van der Waals surface area contributed by atoms with Gasteiger partial charge in [-0.1, -0.05) is 40.3 Å². The number of ether oxygens (including phenoxy) is 3. The van der Waals surface area contributed by atoms with Crippen LogP contribution >= 0.6 is 11.3 Å². The van der Waals surface area contributed by atoms with Crippen molar-refractivity contribution in [2.75, 3.05) is 98.2 Å². The van der Waals surface area contributed by atoms with Gasteiger partial charge < -0.3 is 48.6 Å². The number of benzene rings is 1. The number of aryl methyl sites for hydroxylation is 1. The molecule has 4 saturated heterocycles. The highest BCUT2D eigenvalue weighted by Crippen LogP contribution is 2.43. The van der Waals surface area contributed by atoms with Gasteiger partial charge in [0.1, 0.15) is 23.7 Å². The summed E-state index contributed by atoms with van der Waals surface area (Å²) in [4.78, 5) is 90.4. The van der Waals surface area contributed by atoms with Gasteiger partial charge in [0.15, 0.2) is 0 Å². The first-order chi connectivity index (χ1) is 36.3. The summed E-state index contributed by atoms with van der Waals surface area (Å²) in [6.07, 6.45) is 5.12. The summed E-state index contributed by atoms with van der Waals surface area (Å²) in [5.74, 6) is -1.91. The number of cyclic esters (lactones) is 1. The number of nitrogens with one attached hydrogen (secondary N) is 2.